The molecular weight excluding hydrogens is 655 g/mol. The molecule has 3 unspecified atom stereocenters. The number of carbonyl (C=O) groups excluding carboxylic acids is 1. The Bertz CT molecular complexity index is 703. The fourth-order valence-electron chi connectivity index (χ4n) is 7.93. The Labute approximate surface area is 332 Å². The van der Waals surface area contributed by atoms with Crippen LogP contribution in [0.4, 0.5) is 0 Å². The average Bonchev–Trinajstić information content (AvgIpc) is 3.16. The summed E-state index contributed by atoms with van der Waals surface area (Å²) < 4.78 is 0. The van der Waals surface area contributed by atoms with E-state index in [0.29, 0.717) is 12.8 Å². The van der Waals surface area contributed by atoms with Gasteiger partial charge in [-0.1, -0.05) is 258 Å². The van der Waals surface area contributed by atoms with Crippen molar-refractivity contribution in [2.75, 3.05) is 6.61 Å². The summed E-state index contributed by atoms with van der Waals surface area (Å²) in [6.07, 6.45) is 50.8. The van der Waals surface area contributed by atoms with E-state index in [1.807, 2.05) is 0 Å². The van der Waals surface area contributed by atoms with Crippen LogP contribution in [0.25, 0.3) is 0 Å². The van der Waals surface area contributed by atoms with E-state index < -0.39 is 18.2 Å². The van der Waals surface area contributed by atoms with Crippen LogP contribution in [0, 0.1) is 0 Å². The summed E-state index contributed by atoms with van der Waals surface area (Å²) in [5.74, 6) is -0.138. The molecule has 0 saturated heterocycles. The zero-order chi connectivity index (χ0) is 38.7. The zero-order valence-corrected chi connectivity index (χ0v) is 36.2. The fourth-order valence-corrected chi connectivity index (χ4v) is 7.93. The minimum absolute atomic E-state index is 0.138. The summed E-state index contributed by atoms with van der Waals surface area (Å²) in [5, 5.41) is 33.6. The highest BCUT2D eigenvalue weighted by Crippen LogP contribution is 2.18. The smallest absolute Gasteiger partial charge is 0.220 e. The molecule has 0 rings (SSSR count). The zero-order valence-electron chi connectivity index (χ0n) is 36.2. The van der Waals surface area contributed by atoms with E-state index in [2.05, 4.69) is 19.2 Å². The second-order valence-corrected chi connectivity index (χ2v) is 17.0. The van der Waals surface area contributed by atoms with Gasteiger partial charge in [-0.15, -0.1) is 0 Å². The van der Waals surface area contributed by atoms with Gasteiger partial charge in [0, 0.05) is 6.42 Å². The second-order valence-electron chi connectivity index (χ2n) is 17.0. The molecule has 0 bridgehead atoms. The normalized spacial score (nSPS) is 13.4. The Balaban J connectivity index is 3.52. The van der Waals surface area contributed by atoms with E-state index in [1.165, 1.54) is 218 Å². The molecule has 0 aromatic rings. The Morgan fingerprint density at radius 2 is 0.642 bits per heavy atom. The Morgan fingerprint density at radius 1 is 0.396 bits per heavy atom. The number of nitrogens with one attached hydrogen (secondary N) is 1. The minimum Gasteiger partial charge on any atom is -0.394 e. The van der Waals surface area contributed by atoms with Gasteiger partial charge in [-0.05, 0) is 12.8 Å². The third-order valence-corrected chi connectivity index (χ3v) is 11.7. The van der Waals surface area contributed by atoms with Crippen molar-refractivity contribution in [3.63, 3.8) is 0 Å². The molecule has 0 radical (unpaired) electrons. The maximum Gasteiger partial charge on any atom is 0.220 e. The van der Waals surface area contributed by atoms with Crippen molar-refractivity contribution in [1.82, 2.24) is 5.32 Å². The Kier molecular flexibility index (Phi) is 43.5. The molecule has 3 atom stereocenters. The molecule has 1 amide bonds. The fraction of sp³-hybridized carbons (Fsp3) is 0.979. The van der Waals surface area contributed by atoms with E-state index in [1.54, 1.807) is 0 Å². The second kappa shape index (κ2) is 44.1. The van der Waals surface area contributed by atoms with Crippen molar-refractivity contribution in [3.05, 3.63) is 0 Å². The molecular formula is C48H97NO4. The van der Waals surface area contributed by atoms with Crippen molar-refractivity contribution in [2.24, 2.45) is 0 Å². The molecule has 318 valence electrons. The van der Waals surface area contributed by atoms with Crippen molar-refractivity contribution in [1.29, 1.82) is 0 Å². The number of hydrogen-bond acceptors (Lipinski definition) is 4. The molecule has 0 aliphatic carbocycles. The molecule has 0 heterocycles. The summed E-state index contributed by atoms with van der Waals surface area (Å²) in [6.45, 7) is 4.21. The number of hydrogen-bond donors (Lipinski definition) is 4. The standard InChI is InChI=1S/C48H97NO4/c1-3-5-7-9-11-13-15-17-19-20-21-22-23-24-25-26-27-29-31-33-35-37-39-41-43-47(52)49-45(44-50)48(53)46(51)42-40-38-36-34-32-30-28-18-16-14-12-10-8-6-4-2/h45-46,48,50-51,53H,3-44H2,1-2H3,(H,49,52). The highest BCUT2D eigenvalue weighted by molar-refractivity contribution is 5.76. The van der Waals surface area contributed by atoms with Gasteiger partial charge in [0.05, 0.1) is 18.8 Å². The van der Waals surface area contributed by atoms with Gasteiger partial charge in [-0.3, -0.25) is 4.79 Å². The van der Waals surface area contributed by atoms with Gasteiger partial charge in [-0.25, -0.2) is 0 Å². The monoisotopic (exact) mass is 752 g/mol. The topological polar surface area (TPSA) is 89.8 Å². The molecule has 4 N–H and O–H groups in total. The predicted molar refractivity (Wildman–Crippen MR) is 232 cm³/mol. The first-order valence-corrected chi connectivity index (χ1v) is 24.3. The Hall–Kier alpha value is -0.650. The van der Waals surface area contributed by atoms with Gasteiger partial charge >= 0.3 is 0 Å². The number of amides is 1. The van der Waals surface area contributed by atoms with E-state index >= 15 is 0 Å². The highest BCUT2D eigenvalue weighted by atomic mass is 16.3. The molecule has 0 spiro atoms. The van der Waals surface area contributed by atoms with Gasteiger partial charge in [-0.2, -0.15) is 0 Å². The van der Waals surface area contributed by atoms with Crippen LogP contribution in [-0.4, -0.2) is 46.1 Å². The lowest BCUT2D eigenvalue weighted by Crippen LogP contribution is -2.50. The number of aliphatic hydroxyl groups excluding tert-OH is 3. The van der Waals surface area contributed by atoms with Gasteiger partial charge in [0.15, 0.2) is 0 Å². The van der Waals surface area contributed by atoms with Gasteiger partial charge in [0.1, 0.15) is 6.10 Å². The molecule has 0 aromatic heterocycles. The van der Waals surface area contributed by atoms with Crippen LogP contribution >= 0.6 is 0 Å². The average molecular weight is 752 g/mol. The summed E-state index contributed by atoms with van der Waals surface area (Å²) in [6, 6.07) is -0.803. The summed E-state index contributed by atoms with van der Waals surface area (Å²) in [4.78, 5) is 12.5. The van der Waals surface area contributed by atoms with Crippen LogP contribution in [0.2, 0.25) is 0 Å². The minimum atomic E-state index is -1.13. The quantitative estimate of drug-likeness (QED) is 0.0466. The molecule has 5 nitrogen and oxygen atoms in total. The van der Waals surface area contributed by atoms with Crippen molar-refractivity contribution < 1.29 is 20.1 Å². The maximum atomic E-state index is 12.5. The van der Waals surface area contributed by atoms with Crippen LogP contribution in [0.5, 0.6) is 0 Å². The first kappa shape index (κ1) is 52.3. The lowest BCUT2D eigenvalue weighted by molar-refractivity contribution is -0.124. The van der Waals surface area contributed by atoms with Crippen molar-refractivity contribution in [3.8, 4) is 0 Å². The molecule has 0 aliphatic rings. The number of aliphatic hydroxyl groups is 3. The third-order valence-electron chi connectivity index (χ3n) is 11.7. The first-order chi connectivity index (χ1) is 26.1. The number of carbonyl (C=O) groups is 1. The summed E-state index contributed by atoms with van der Waals surface area (Å²) in [5.41, 5.74) is 0. The van der Waals surface area contributed by atoms with Gasteiger partial charge in [0.2, 0.25) is 5.91 Å². The molecule has 0 fully saturated rings. The maximum absolute atomic E-state index is 12.5. The lowest BCUT2D eigenvalue weighted by Gasteiger charge is -2.26. The van der Waals surface area contributed by atoms with Crippen LogP contribution in [0.1, 0.15) is 277 Å². The molecule has 53 heavy (non-hydrogen) atoms. The highest BCUT2D eigenvalue weighted by Gasteiger charge is 2.26. The number of rotatable bonds is 45. The molecule has 5 heteroatoms. The summed E-state index contributed by atoms with van der Waals surface area (Å²) in [7, 11) is 0. The molecule has 0 aromatic carbocycles. The lowest BCUT2D eigenvalue weighted by atomic mass is 9.99. The van der Waals surface area contributed by atoms with E-state index in [9.17, 15) is 20.1 Å². The predicted octanol–water partition coefficient (Wildman–Crippen LogP) is 14.2. The summed E-state index contributed by atoms with van der Waals surface area (Å²) >= 11 is 0. The Morgan fingerprint density at radius 3 is 0.906 bits per heavy atom. The van der Waals surface area contributed by atoms with Crippen molar-refractivity contribution >= 4 is 5.91 Å². The van der Waals surface area contributed by atoms with E-state index in [-0.39, 0.29) is 12.5 Å². The SMILES string of the molecule is CCCCCCCCCCCCCCCCCCCCCCCCCCC(=O)NC(CO)C(O)C(O)CCCCCCCCCCCCCCCCC. The first-order valence-electron chi connectivity index (χ1n) is 24.3. The van der Waals surface area contributed by atoms with Gasteiger partial charge in [0.25, 0.3) is 0 Å². The molecule has 0 saturated carbocycles. The molecule has 0 aliphatic heterocycles. The van der Waals surface area contributed by atoms with E-state index in [0.717, 1.165) is 32.1 Å². The van der Waals surface area contributed by atoms with Crippen LogP contribution < -0.4 is 5.32 Å². The van der Waals surface area contributed by atoms with Crippen LogP contribution in [0.15, 0.2) is 0 Å². The largest absolute Gasteiger partial charge is 0.394 e. The van der Waals surface area contributed by atoms with Gasteiger partial charge < -0.3 is 20.6 Å². The number of unbranched alkanes of at least 4 members (excludes halogenated alkanes) is 37. The van der Waals surface area contributed by atoms with E-state index in [4.69, 9.17) is 0 Å². The van der Waals surface area contributed by atoms with Crippen LogP contribution in [-0.2, 0) is 4.79 Å². The van der Waals surface area contributed by atoms with Crippen molar-refractivity contribution in [2.45, 2.75) is 295 Å². The van der Waals surface area contributed by atoms with Crippen LogP contribution in [0.3, 0.4) is 0 Å². The third kappa shape index (κ3) is 39.4.